The molecule has 0 unspecified atom stereocenters. The average Bonchev–Trinajstić information content (AvgIpc) is 2.62. The molecule has 1 aliphatic heterocycles. The van der Waals surface area contributed by atoms with Crippen molar-refractivity contribution < 1.29 is 14.4 Å². The first-order chi connectivity index (χ1) is 11.7. The van der Waals surface area contributed by atoms with Gasteiger partial charge in [-0.1, -0.05) is 18.2 Å². The summed E-state index contributed by atoms with van der Waals surface area (Å²) in [6.45, 7) is 4.47. The first-order valence-electron chi connectivity index (χ1n) is 8.35. The van der Waals surface area contributed by atoms with Gasteiger partial charge in [0.15, 0.2) is 6.61 Å². The molecule has 0 spiro atoms. The lowest BCUT2D eigenvalue weighted by molar-refractivity contribution is -0.880. The van der Waals surface area contributed by atoms with Crippen LogP contribution in [0.3, 0.4) is 0 Å². The highest BCUT2D eigenvalue weighted by molar-refractivity contribution is 5.92. The largest absolute Gasteiger partial charge is 0.484 e. The summed E-state index contributed by atoms with van der Waals surface area (Å²) in [7, 11) is 2.23. The third-order valence-electron chi connectivity index (χ3n) is 4.25. The van der Waals surface area contributed by atoms with Crippen LogP contribution in [0.4, 0.5) is 11.4 Å². The highest BCUT2D eigenvalue weighted by Gasteiger charge is 2.16. The number of hydrogen-bond donors (Lipinski definition) is 2. The van der Waals surface area contributed by atoms with E-state index in [-0.39, 0.29) is 12.5 Å². The van der Waals surface area contributed by atoms with Crippen LogP contribution in [0.2, 0.25) is 0 Å². The Kier molecular flexibility index (Phi) is 5.33. The molecule has 1 heterocycles. The molecule has 1 fully saturated rings. The van der Waals surface area contributed by atoms with Gasteiger partial charge in [0.1, 0.15) is 5.75 Å². The molecule has 24 heavy (non-hydrogen) atoms. The minimum atomic E-state index is -0.158. The van der Waals surface area contributed by atoms with Crippen LogP contribution >= 0.6 is 0 Å². The number of likely N-dealkylation sites (N-methyl/N-ethyl adjacent to an activating group) is 1. The van der Waals surface area contributed by atoms with Gasteiger partial charge in [0.05, 0.1) is 33.2 Å². The molecule has 0 saturated carbocycles. The van der Waals surface area contributed by atoms with Crippen LogP contribution in [0, 0.1) is 0 Å². The van der Waals surface area contributed by atoms with Gasteiger partial charge in [-0.25, -0.2) is 0 Å². The van der Waals surface area contributed by atoms with Crippen molar-refractivity contribution in [2.24, 2.45) is 0 Å². The van der Waals surface area contributed by atoms with Crippen LogP contribution in [0.25, 0.3) is 0 Å². The van der Waals surface area contributed by atoms with Crippen molar-refractivity contribution in [3.8, 4) is 5.75 Å². The zero-order chi connectivity index (χ0) is 16.8. The number of hydrogen-bond acceptors (Lipinski definition) is 3. The third kappa shape index (κ3) is 4.49. The Balaban J connectivity index is 1.49. The van der Waals surface area contributed by atoms with Crippen molar-refractivity contribution in [3.05, 3.63) is 54.6 Å². The van der Waals surface area contributed by atoms with E-state index >= 15 is 0 Å². The van der Waals surface area contributed by atoms with E-state index in [0.717, 1.165) is 31.9 Å². The van der Waals surface area contributed by atoms with E-state index in [9.17, 15) is 4.79 Å². The number of para-hydroxylation sites is 1. The summed E-state index contributed by atoms with van der Waals surface area (Å²) >= 11 is 0. The summed E-state index contributed by atoms with van der Waals surface area (Å²) in [5.41, 5.74) is 2.00. The second-order valence-electron chi connectivity index (χ2n) is 6.14. The summed E-state index contributed by atoms with van der Waals surface area (Å²) in [5, 5.41) is 2.86. The molecule has 2 aromatic carbocycles. The van der Waals surface area contributed by atoms with Crippen LogP contribution in [0.5, 0.6) is 5.75 Å². The zero-order valence-electron chi connectivity index (χ0n) is 14.0. The van der Waals surface area contributed by atoms with Crippen molar-refractivity contribution in [1.29, 1.82) is 0 Å². The number of anilines is 2. The van der Waals surface area contributed by atoms with E-state index in [1.54, 1.807) is 4.90 Å². The number of nitrogens with one attached hydrogen (secondary N) is 2. The molecule has 0 atom stereocenters. The SMILES string of the molecule is C[NH+]1CCN(c2ccc(NC(=O)COc3ccccc3)cc2)CC1. The summed E-state index contributed by atoms with van der Waals surface area (Å²) in [6.07, 6.45) is 0. The molecule has 1 amide bonds. The van der Waals surface area contributed by atoms with Crippen LogP contribution in [0.1, 0.15) is 0 Å². The number of amides is 1. The highest BCUT2D eigenvalue weighted by atomic mass is 16.5. The Hall–Kier alpha value is -2.53. The van der Waals surface area contributed by atoms with E-state index < -0.39 is 0 Å². The summed E-state index contributed by atoms with van der Waals surface area (Å²) in [4.78, 5) is 15.9. The number of quaternary nitrogens is 1. The van der Waals surface area contributed by atoms with E-state index in [1.807, 2.05) is 42.5 Å². The van der Waals surface area contributed by atoms with E-state index in [4.69, 9.17) is 4.74 Å². The second kappa shape index (κ2) is 7.84. The van der Waals surface area contributed by atoms with Crippen molar-refractivity contribution in [2.75, 3.05) is 50.1 Å². The Morgan fingerprint density at radius 3 is 2.42 bits per heavy atom. The molecule has 2 aromatic rings. The minimum absolute atomic E-state index is 0.00695. The fourth-order valence-corrected chi connectivity index (χ4v) is 2.76. The fourth-order valence-electron chi connectivity index (χ4n) is 2.76. The Morgan fingerprint density at radius 1 is 1.08 bits per heavy atom. The van der Waals surface area contributed by atoms with Gasteiger partial charge >= 0.3 is 0 Å². The topological polar surface area (TPSA) is 46.0 Å². The number of carbonyl (C=O) groups is 1. The molecule has 0 radical (unpaired) electrons. The van der Waals surface area contributed by atoms with Crippen molar-refractivity contribution >= 4 is 17.3 Å². The van der Waals surface area contributed by atoms with Crippen LogP contribution < -0.4 is 19.9 Å². The Bertz CT molecular complexity index is 650. The lowest BCUT2D eigenvalue weighted by Gasteiger charge is -2.31. The van der Waals surface area contributed by atoms with Gasteiger partial charge in [-0.15, -0.1) is 0 Å². The molecule has 2 N–H and O–H groups in total. The van der Waals surface area contributed by atoms with Crippen LogP contribution in [-0.4, -0.2) is 45.7 Å². The average molecular weight is 326 g/mol. The molecule has 0 aliphatic carbocycles. The van der Waals surface area contributed by atoms with Crippen LogP contribution in [-0.2, 0) is 4.79 Å². The first kappa shape index (κ1) is 16.3. The summed E-state index contributed by atoms with van der Waals surface area (Å²) in [6, 6.07) is 17.4. The molecular formula is C19H24N3O2+. The van der Waals surface area contributed by atoms with Gasteiger partial charge in [-0.05, 0) is 36.4 Å². The maximum Gasteiger partial charge on any atom is 0.262 e. The van der Waals surface area contributed by atoms with Crippen molar-refractivity contribution in [2.45, 2.75) is 0 Å². The Morgan fingerprint density at radius 2 is 1.75 bits per heavy atom. The normalized spacial score (nSPS) is 15.1. The minimum Gasteiger partial charge on any atom is -0.484 e. The van der Waals surface area contributed by atoms with E-state index in [2.05, 4.69) is 29.4 Å². The standard InChI is InChI=1S/C19H23N3O2/c1-21-11-13-22(14-12-21)17-9-7-16(8-10-17)20-19(23)15-24-18-5-3-2-4-6-18/h2-10H,11-15H2,1H3,(H,20,23)/p+1. The number of nitrogens with zero attached hydrogens (tertiary/aromatic N) is 1. The van der Waals surface area contributed by atoms with Gasteiger partial charge in [0, 0.05) is 11.4 Å². The number of ether oxygens (including phenoxy) is 1. The predicted octanol–water partition coefficient (Wildman–Crippen LogP) is 1.04. The third-order valence-corrected chi connectivity index (χ3v) is 4.25. The summed E-state index contributed by atoms with van der Waals surface area (Å²) in [5.74, 6) is 0.537. The molecule has 1 aliphatic rings. The lowest BCUT2D eigenvalue weighted by Crippen LogP contribution is -3.12. The number of carbonyl (C=O) groups excluding carboxylic acids is 1. The van der Waals surface area contributed by atoms with Gasteiger partial charge < -0.3 is 19.9 Å². The van der Waals surface area contributed by atoms with Gasteiger partial charge in [-0.2, -0.15) is 0 Å². The first-order valence-corrected chi connectivity index (χ1v) is 8.35. The summed E-state index contributed by atoms with van der Waals surface area (Å²) < 4.78 is 5.45. The maximum absolute atomic E-state index is 12.0. The van der Waals surface area contributed by atoms with Crippen molar-refractivity contribution in [1.82, 2.24) is 0 Å². The quantitative estimate of drug-likeness (QED) is 0.863. The zero-order valence-corrected chi connectivity index (χ0v) is 14.0. The molecule has 3 rings (SSSR count). The highest BCUT2D eigenvalue weighted by Crippen LogP contribution is 2.18. The molecule has 5 nitrogen and oxygen atoms in total. The lowest BCUT2D eigenvalue weighted by atomic mass is 10.2. The monoisotopic (exact) mass is 326 g/mol. The smallest absolute Gasteiger partial charge is 0.262 e. The number of rotatable bonds is 5. The van der Waals surface area contributed by atoms with Gasteiger partial charge in [0.25, 0.3) is 5.91 Å². The fraction of sp³-hybridized carbons (Fsp3) is 0.316. The second-order valence-corrected chi connectivity index (χ2v) is 6.14. The van der Waals surface area contributed by atoms with Crippen molar-refractivity contribution in [3.63, 3.8) is 0 Å². The van der Waals surface area contributed by atoms with E-state index in [0.29, 0.717) is 5.75 Å². The molecular weight excluding hydrogens is 302 g/mol. The molecule has 126 valence electrons. The molecule has 5 heteroatoms. The van der Waals surface area contributed by atoms with Gasteiger partial charge in [-0.3, -0.25) is 4.79 Å². The molecule has 0 aromatic heterocycles. The molecule has 1 saturated heterocycles. The number of benzene rings is 2. The van der Waals surface area contributed by atoms with E-state index in [1.165, 1.54) is 5.69 Å². The predicted molar refractivity (Wildman–Crippen MR) is 95.8 cm³/mol. The Labute approximate surface area is 142 Å². The maximum atomic E-state index is 12.0. The van der Waals surface area contributed by atoms with Crippen LogP contribution in [0.15, 0.2) is 54.6 Å². The molecule has 0 bridgehead atoms. The number of piperazine rings is 1. The van der Waals surface area contributed by atoms with Gasteiger partial charge in [0.2, 0.25) is 0 Å².